The fourth-order valence-corrected chi connectivity index (χ4v) is 3.57. The maximum atomic E-state index is 11.4. The van der Waals surface area contributed by atoms with Crippen LogP contribution in [0, 0.1) is 5.92 Å². The number of rotatable bonds is 3. The maximum Gasteiger partial charge on any atom is 0.219 e. The number of aromatic nitrogens is 1. The third-order valence-electron chi connectivity index (χ3n) is 4.75. The molecule has 2 fully saturated rings. The SMILES string of the molecule is CC(=O)N1CCN([C@H]2CN(Cc3ccon3)C[C@@H]2C)CC1. The summed E-state index contributed by atoms with van der Waals surface area (Å²) in [6.45, 7) is 10.7. The van der Waals surface area contributed by atoms with Crippen molar-refractivity contribution >= 4 is 5.91 Å². The zero-order valence-corrected chi connectivity index (χ0v) is 12.9. The van der Waals surface area contributed by atoms with Crippen LogP contribution in [0.5, 0.6) is 0 Å². The first-order valence-corrected chi connectivity index (χ1v) is 7.74. The van der Waals surface area contributed by atoms with Crippen molar-refractivity contribution in [1.29, 1.82) is 0 Å². The molecule has 21 heavy (non-hydrogen) atoms. The van der Waals surface area contributed by atoms with Crippen LogP contribution in [-0.2, 0) is 11.3 Å². The minimum Gasteiger partial charge on any atom is -0.364 e. The minimum atomic E-state index is 0.196. The number of amides is 1. The predicted molar refractivity (Wildman–Crippen MR) is 78.6 cm³/mol. The molecule has 2 aliphatic rings. The molecule has 2 atom stereocenters. The van der Waals surface area contributed by atoms with Crippen LogP contribution < -0.4 is 0 Å². The van der Waals surface area contributed by atoms with Crippen molar-refractivity contribution in [2.45, 2.75) is 26.4 Å². The molecule has 0 unspecified atom stereocenters. The average Bonchev–Trinajstić information content (AvgIpc) is 3.09. The van der Waals surface area contributed by atoms with Gasteiger partial charge < -0.3 is 9.42 Å². The standard InChI is InChI=1S/C15H24N4O2/c1-12-9-17(10-14-3-8-21-16-14)11-15(12)19-6-4-18(5-7-19)13(2)20/h3,8,12,15H,4-7,9-11H2,1-2H3/t12-,15-/m0/s1. The van der Waals surface area contributed by atoms with Gasteiger partial charge in [-0.25, -0.2) is 0 Å². The molecule has 1 aromatic heterocycles. The summed E-state index contributed by atoms with van der Waals surface area (Å²) in [6.07, 6.45) is 1.63. The second-order valence-electron chi connectivity index (χ2n) is 6.27. The molecular formula is C15H24N4O2. The number of carbonyl (C=O) groups is 1. The monoisotopic (exact) mass is 292 g/mol. The van der Waals surface area contributed by atoms with Gasteiger partial charge in [0.25, 0.3) is 0 Å². The van der Waals surface area contributed by atoms with Crippen LogP contribution in [0.2, 0.25) is 0 Å². The van der Waals surface area contributed by atoms with E-state index < -0.39 is 0 Å². The first-order chi connectivity index (χ1) is 10.1. The summed E-state index contributed by atoms with van der Waals surface area (Å²) in [4.78, 5) is 18.3. The predicted octanol–water partition coefficient (Wildman–Crippen LogP) is 0.659. The van der Waals surface area contributed by atoms with Gasteiger partial charge in [-0.1, -0.05) is 12.1 Å². The summed E-state index contributed by atoms with van der Waals surface area (Å²) < 4.78 is 4.90. The number of likely N-dealkylation sites (tertiary alicyclic amines) is 1. The number of hydrogen-bond acceptors (Lipinski definition) is 5. The van der Waals surface area contributed by atoms with Gasteiger partial charge >= 0.3 is 0 Å². The van der Waals surface area contributed by atoms with Crippen molar-refractivity contribution in [3.05, 3.63) is 18.0 Å². The normalized spacial score (nSPS) is 28.2. The Morgan fingerprint density at radius 1 is 1.33 bits per heavy atom. The van der Waals surface area contributed by atoms with Gasteiger partial charge in [0, 0.05) is 64.8 Å². The van der Waals surface area contributed by atoms with E-state index in [1.54, 1.807) is 13.2 Å². The molecule has 0 radical (unpaired) electrons. The molecule has 0 N–H and O–H groups in total. The molecule has 6 nitrogen and oxygen atoms in total. The molecule has 0 aromatic carbocycles. The number of hydrogen-bond donors (Lipinski definition) is 0. The minimum absolute atomic E-state index is 0.196. The van der Waals surface area contributed by atoms with E-state index in [1.807, 2.05) is 11.0 Å². The van der Waals surface area contributed by atoms with Crippen molar-refractivity contribution < 1.29 is 9.32 Å². The van der Waals surface area contributed by atoms with Gasteiger partial charge in [-0.2, -0.15) is 0 Å². The Kier molecular flexibility index (Phi) is 4.26. The maximum absolute atomic E-state index is 11.4. The highest BCUT2D eigenvalue weighted by molar-refractivity contribution is 5.73. The third kappa shape index (κ3) is 3.27. The molecule has 0 spiro atoms. The smallest absolute Gasteiger partial charge is 0.219 e. The van der Waals surface area contributed by atoms with Gasteiger partial charge in [0.15, 0.2) is 0 Å². The summed E-state index contributed by atoms with van der Waals surface area (Å²) in [7, 11) is 0. The number of piperazine rings is 1. The summed E-state index contributed by atoms with van der Waals surface area (Å²) in [5.41, 5.74) is 1.00. The van der Waals surface area contributed by atoms with Gasteiger partial charge in [0.1, 0.15) is 6.26 Å². The molecule has 6 heteroatoms. The van der Waals surface area contributed by atoms with Crippen LogP contribution in [0.15, 0.2) is 16.9 Å². The van der Waals surface area contributed by atoms with E-state index in [2.05, 4.69) is 21.9 Å². The molecule has 116 valence electrons. The molecule has 3 heterocycles. The van der Waals surface area contributed by atoms with Crippen LogP contribution in [0.1, 0.15) is 19.5 Å². The quantitative estimate of drug-likeness (QED) is 0.819. The van der Waals surface area contributed by atoms with Crippen LogP contribution >= 0.6 is 0 Å². The molecule has 2 saturated heterocycles. The lowest BCUT2D eigenvalue weighted by molar-refractivity contribution is -0.130. The van der Waals surface area contributed by atoms with Crippen LogP contribution in [0.25, 0.3) is 0 Å². The fraction of sp³-hybridized carbons (Fsp3) is 0.733. The fourth-order valence-electron chi connectivity index (χ4n) is 3.57. The molecular weight excluding hydrogens is 268 g/mol. The Morgan fingerprint density at radius 2 is 2.10 bits per heavy atom. The van der Waals surface area contributed by atoms with Gasteiger partial charge in [-0.3, -0.25) is 14.6 Å². The van der Waals surface area contributed by atoms with Crippen molar-refractivity contribution in [1.82, 2.24) is 19.9 Å². The zero-order chi connectivity index (χ0) is 14.8. The highest BCUT2D eigenvalue weighted by Gasteiger charge is 2.35. The first-order valence-electron chi connectivity index (χ1n) is 7.74. The van der Waals surface area contributed by atoms with Gasteiger partial charge in [0.05, 0.1) is 5.69 Å². The van der Waals surface area contributed by atoms with Crippen LogP contribution in [0.3, 0.4) is 0 Å². The Hall–Kier alpha value is -1.40. The van der Waals surface area contributed by atoms with Crippen LogP contribution in [-0.4, -0.2) is 71.1 Å². The lowest BCUT2D eigenvalue weighted by Crippen LogP contribution is -2.53. The number of nitrogens with zero attached hydrogens (tertiary/aromatic N) is 4. The summed E-state index contributed by atoms with van der Waals surface area (Å²) in [5, 5.41) is 4.00. The van der Waals surface area contributed by atoms with Crippen molar-refractivity contribution in [2.75, 3.05) is 39.3 Å². The summed E-state index contributed by atoms with van der Waals surface area (Å²) in [5.74, 6) is 0.850. The van der Waals surface area contributed by atoms with Crippen molar-refractivity contribution in [2.24, 2.45) is 5.92 Å². The summed E-state index contributed by atoms with van der Waals surface area (Å²) in [6, 6.07) is 2.52. The molecule has 3 rings (SSSR count). The lowest BCUT2D eigenvalue weighted by Gasteiger charge is -2.39. The molecule has 1 aromatic rings. The zero-order valence-electron chi connectivity index (χ0n) is 12.9. The second kappa shape index (κ2) is 6.15. The average molecular weight is 292 g/mol. The highest BCUT2D eigenvalue weighted by Crippen LogP contribution is 2.24. The Balaban J connectivity index is 1.53. The second-order valence-corrected chi connectivity index (χ2v) is 6.27. The van der Waals surface area contributed by atoms with Gasteiger partial charge in [0.2, 0.25) is 5.91 Å². The molecule has 0 saturated carbocycles. The molecule has 0 bridgehead atoms. The van der Waals surface area contributed by atoms with Gasteiger partial charge in [-0.05, 0) is 5.92 Å². The Morgan fingerprint density at radius 3 is 2.71 bits per heavy atom. The van der Waals surface area contributed by atoms with Crippen molar-refractivity contribution in [3.63, 3.8) is 0 Å². The Bertz CT molecular complexity index is 468. The largest absolute Gasteiger partial charge is 0.364 e. The number of carbonyl (C=O) groups excluding carboxylic acids is 1. The van der Waals surface area contributed by atoms with E-state index in [-0.39, 0.29) is 5.91 Å². The lowest BCUT2D eigenvalue weighted by atomic mass is 10.0. The van der Waals surface area contributed by atoms with E-state index in [4.69, 9.17) is 4.52 Å². The van der Waals surface area contributed by atoms with E-state index in [0.717, 1.165) is 51.5 Å². The Labute approximate surface area is 125 Å². The van der Waals surface area contributed by atoms with E-state index in [0.29, 0.717) is 12.0 Å². The summed E-state index contributed by atoms with van der Waals surface area (Å²) >= 11 is 0. The van der Waals surface area contributed by atoms with E-state index >= 15 is 0 Å². The highest BCUT2D eigenvalue weighted by atomic mass is 16.5. The van der Waals surface area contributed by atoms with Gasteiger partial charge in [-0.15, -0.1) is 0 Å². The van der Waals surface area contributed by atoms with E-state index in [9.17, 15) is 4.79 Å². The molecule has 0 aliphatic carbocycles. The van der Waals surface area contributed by atoms with Crippen LogP contribution in [0.4, 0.5) is 0 Å². The third-order valence-corrected chi connectivity index (χ3v) is 4.75. The topological polar surface area (TPSA) is 52.8 Å². The molecule has 1 amide bonds. The van der Waals surface area contributed by atoms with Crippen molar-refractivity contribution in [3.8, 4) is 0 Å². The molecule has 2 aliphatic heterocycles. The first kappa shape index (κ1) is 14.5. The van der Waals surface area contributed by atoms with E-state index in [1.165, 1.54) is 0 Å².